The van der Waals surface area contributed by atoms with Gasteiger partial charge in [0.15, 0.2) is 9.84 Å². The summed E-state index contributed by atoms with van der Waals surface area (Å²) in [4.78, 5) is 11.3. The van der Waals surface area contributed by atoms with Gasteiger partial charge < -0.3 is 15.8 Å². The second-order valence-corrected chi connectivity index (χ2v) is 7.38. The number of hydrogen-bond acceptors (Lipinski definition) is 5. The van der Waals surface area contributed by atoms with Crippen molar-refractivity contribution in [1.82, 2.24) is 5.32 Å². The van der Waals surface area contributed by atoms with Crippen molar-refractivity contribution in [2.45, 2.75) is 39.2 Å². The highest BCUT2D eigenvalue weighted by atomic mass is 32.2. The Balaban J connectivity index is 3.66. The number of carbonyl (C=O) groups excluding carboxylic acids is 1. The van der Waals surface area contributed by atoms with Gasteiger partial charge in [0, 0.05) is 13.1 Å². The molecule has 7 heteroatoms. The highest BCUT2D eigenvalue weighted by Gasteiger charge is 2.15. The third-order valence-corrected chi connectivity index (χ3v) is 3.75. The Labute approximate surface area is 109 Å². The maximum Gasteiger partial charge on any atom is 0.407 e. The fraction of sp³-hybridized carbons (Fsp3) is 0.909. The molecule has 0 aromatic carbocycles. The minimum atomic E-state index is -3.03. The molecule has 0 heterocycles. The van der Waals surface area contributed by atoms with Gasteiger partial charge in [-0.3, -0.25) is 0 Å². The lowest BCUT2D eigenvalue weighted by molar-refractivity contribution is 0.0527. The van der Waals surface area contributed by atoms with Gasteiger partial charge in [-0.1, -0.05) is 0 Å². The smallest absolute Gasteiger partial charge is 0.407 e. The zero-order valence-electron chi connectivity index (χ0n) is 11.4. The number of amides is 1. The summed E-state index contributed by atoms with van der Waals surface area (Å²) in [5.74, 6) is 0.132. The van der Waals surface area contributed by atoms with Crippen molar-refractivity contribution in [3.63, 3.8) is 0 Å². The average molecular weight is 280 g/mol. The van der Waals surface area contributed by atoms with Crippen LogP contribution in [0.2, 0.25) is 0 Å². The lowest BCUT2D eigenvalue weighted by Crippen LogP contribution is -2.33. The Bertz CT molecular complexity index is 347. The first-order valence-corrected chi connectivity index (χ1v) is 7.86. The van der Waals surface area contributed by atoms with Gasteiger partial charge in [-0.25, -0.2) is 13.2 Å². The SMILES string of the molecule is CC(C)(C)OC(=O)NCCCCS(=O)(=O)CCN. The molecule has 0 aliphatic carbocycles. The largest absolute Gasteiger partial charge is 0.444 e. The molecule has 0 saturated carbocycles. The standard InChI is InChI=1S/C11H24N2O4S/c1-11(2,3)17-10(14)13-7-4-5-8-18(15,16)9-6-12/h4-9,12H2,1-3H3,(H,13,14). The van der Waals surface area contributed by atoms with E-state index < -0.39 is 21.5 Å². The summed E-state index contributed by atoms with van der Waals surface area (Å²) in [5.41, 5.74) is 4.67. The fourth-order valence-electron chi connectivity index (χ4n) is 1.23. The van der Waals surface area contributed by atoms with E-state index in [1.165, 1.54) is 0 Å². The molecule has 0 radical (unpaired) electrons. The number of carbonyl (C=O) groups is 1. The average Bonchev–Trinajstić information content (AvgIpc) is 2.13. The minimum absolute atomic E-state index is 0.0203. The zero-order valence-corrected chi connectivity index (χ0v) is 12.2. The number of alkyl carbamates (subject to hydrolysis) is 1. The van der Waals surface area contributed by atoms with E-state index in [9.17, 15) is 13.2 Å². The van der Waals surface area contributed by atoms with Crippen LogP contribution in [0.3, 0.4) is 0 Å². The lowest BCUT2D eigenvalue weighted by atomic mass is 10.2. The zero-order chi connectivity index (χ0) is 14.2. The van der Waals surface area contributed by atoms with Gasteiger partial charge in [0.1, 0.15) is 5.60 Å². The Morgan fingerprint density at radius 1 is 1.22 bits per heavy atom. The first kappa shape index (κ1) is 17.2. The van der Waals surface area contributed by atoms with Crippen LogP contribution in [0.25, 0.3) is 0 Å². The van der Waals surface area contributed by atoms with Gasteiger partial charge >= 0.3 is 6.09 Å². The van der Waals surface area contributed by atoms with Crippen LogP contribution >= 0.6 is 0 Å². The van der Waals surface area contributed by atoms with E-state index in [0.29, 0.717) is 19.4 Å². The molecular formula is C11H24N2O4S. The molecule has 0 aliphatic heterocycles. The van der Waals surface area contributed by atoms with Crippen LogP contribution in [0.1, 0.15) is 33.6 Å². The highest BCUT2D eigenvalue weighted by molar-refractivity contribution is 7.91. The highest BCUT2D eigenvalue weighted by Crippen LogP contribution is 2.06. The molecule has 6 nitrogen and oxygen atoms in total. The van der Waals surface area contributed by atoms with Gasteiger partial charge in [0.05, 0.1) is 11.5 Å². The summed E-state index contributed by atoms with van der Waals surface area (Å²) < 4.78 is 27.7. The molecule has 3 N–H and O–H groups in total. The summed E-state index contributed by atoms with van der Waals surface area (Å²) >= 11 is 0. The van der Waals surface area contributed by atoms with Gasteiger partial charge in [-0.2, -0.15) is 0 Å². The second kappa shape index (κ2) is 7.58. The molecule has 0 fully saturated rings. The Kier molecular flexibility index (Phi) is 7.23. The number of ether oxygens (including phenoxy) is 1. The molecule has 0 unspecified atom stereocenters. The number of hydrogen-bond donors (Lipinski definition) is 2. The van der Waals surface area contributed by atoms with Crippen LogP contribution < -0.4 is 11.1 Å². The number of nitrogens with one attached hydrogen (secondary N) is 1. The van der Waals surface area contributed by atoms with Gasteiger partial charge in [0.25, 0.3) is 0 Å². The van der Waals surface area contributed by atoms with Crippen molar-refractivity contribution >= 4 is 15.9 Å². The van der Waals surface area contributed by atoms with E-state index in [0.717, 1.165) is 0 Å². The van der Waals surface area contributed by atoms with E-state index in [-0.39, 0.29) is 18.1 Å². The third-order valence-electron chi connectivity index (χ3n) is 1.98. The molecule has 0 aromatic rings. The number of sulfone groups is 1. The number of nitrogens with two attached hydrogens (primary N) is 1. The molecule has 1 amide bonds. The topological polar surface area (TPSA) is 98.5 Å². The maximum atomic E-state index is 11.3. The minimum Gasteiger partial charge on any atom is -0.444 e. The molecule has 0 bridgehead atoms. The van der Waals surface area contributed by atoms with Crippen molar-refractivity contribution in [2.24, 2.45) is 5.73 Å². The predicted molar refractivity (Wildman–Crippen MR) is 71.2 cm³/mol. The van der Waals surface area contributed by atoms with E-state index in [4.69, 9.17) is 10.5 Å². The van der Waals surface area contributed by atoms with Crippen LogP contribution in [0.15, 0.2) is 0 Å². The Hall–Kier alpha value is -0.820. The van der Waals surface area contributed by atoms with Crippen LogP contribution in [-0.4, -0.2) is 44.7 Å². The summed E-state index contributed by atoms with van der Waals surface area (Å²) in [7, 11) is -3.03. The number of unbranched alkanes of at least 4 members (excludes halogenated alkanes) is 1. The monoisotopic (exact) mass is 280 g/mol. The molecule has 18 heavy (non-hydrogen) atoms. The van der Waals surface area contributed by atoms with Crippen LogP contribution in [-0.2, 0) is 14.6 Å². The molecule has 0 spiro atoms. The summed E-state index contributed by atoms with van der Waals surface area (Å²) in [6.07, 6.45) is 0.633. The first-order valence-electron chi connectivity index (χ1n) is 6.03. The van der Waals surface area contributed by atoms with E-state index in [1.54, 1.807) is 20.8 Å². The van der Waals surface area contributed by atoms with Crippen LogP contribution in [0, 0.1) is 0 Å². The third kappa shape index (κ3) is 10.3. The van der Waals surface area contributed by atoms with Gasteiger partial charge in [-0.15, -0.1) is 0 Å². The van der Waals surface area contributed by atoms with Crippen molar-refractivity contribution in [3.8, 4) is 0 Å². The summed E-state index contributed by atoms with van der Waals surface area (Å²) in [5, 5.41) is 2.58. The molecular weight excluding hydrogens is 256 g/mol. The lowest BCUT2D eigenvalue weighted by Gasteiger charge is -2.19. The molecule has 108 valence electrons. The van der Waals surface area contributed by atoms with Crippen molar-refractivity contribution in [1.29, 1.82) is 0 Å². The van der Waals surface area contributed by atoms with Crippen molar-refractivity contribution in [3.05, 3.63) is 0 Å². The van der Waals surface area contributed by atoms with Gasteiger partial charge in [0.2, 0.25) is 0 Å². The Morgan fingerprint density at radius 3 is 2.33 bits per heavy atom. The van der Waals surface area contributed by atoms with E-state index >= 15 is 0 Å². The normalized spacial score (nSPS) is 12.2. The van der Waals surface area contributed by atoms with Crippen LogP contribution in [0.5, 0.6) is 0 Å². The van der Waals surface area contributed by atoms with Gasteiger partial charge in [-0.05, 0) is 33.6 Å². The van der Waals surface area contributed by atoms with Crippen molar-refractivity contribution < 1.29 is 17.9 Å². The fourth-order valence-corrected chi connectivity index (χ4v) is 2.44. The molecule has 0 aliphatic rings. The van der Waals surface area contributed by atoms with Crippen LogP contribution in [0.4, 0.5) is 4.79 Å². The Morgan fingerprint density at radius 2 is 1.83 bits per heavy atom. The van der Waals surface area contributed by atoms with Crippen molar-refractivity contribution in [2.75, 3.05) is 24.6 Å². The summed E-state index contributed by atoms with van der Waals surface area (Å²) in [6, 6.07) is 0. The molecule has 0 atom stereocenters. The number of rotatable bonds is 7. The van der Waals surface area contributed by atoms with E-state index in [1.807, 2.05) is 0 Å². The molecule has 0 saturated heterocycles. The molecule has 0 aromatic heterocycles. The first-order chi connectivity index (χ1) is 8.16. The summed E-state index contributed by atoms with van der Waals surface area (Å²) in [6.45, 7) is 5.91. The second-order valence-electron chi connectivity index (χ2n) is 5.08. The quantitative estimate of drug-likeness (QED) is 0.668. The molecule has 0 rings (SSSR count). The maximum absolute atomic E-state index is 11.3. The van der Waals surface area contributed by atoms with E-state index in [2.05, 4.69) is 5.32 Å². The predicted octanol–water partition coefficient (Wildman–Crippen LogP) is 0.665.